The van der Waals surface area contributed by atoms with E-state index in [-0.39, 0.29) is 25.7 Å². The lowest BCUT2D eigenvalue weighted by molar-refractivity contribution is -0.161. The van der Waals surface area contributed by atoms with Crippen molar-refractivity contribution in [2.45, 2.75) is 375 Å². The van der Waals surface area contributed by atoms with Crippen LogP contribution in [-0.2, 0) is 65.4 Å². The van der Waals surface area contributed by atoms with Crippen molar-refractivity contribution >= 4 is 39.5 Å². The van der Waals surface area contributed by atoms with Crippen LogP contribution in [-0.4, -0.2) is 96.7 Å². The van der Waals surface area contributed by atoms with Gasteiger partial charge in [0.2, 0.25) is 0 Å². The van der Waals surface area contributed by atoms with E-state index in [9.17, 15) is 43.2 Å². The fourth-order valence-corrected chi connectivity index (χ4v) is 12.5. The summed E-state index contributed by atoms with van der Waals surface area (Å²) in [6, 6.07) is 0. The van der Waals surface area contributed by atoms with Crippen molar-refractivity contribution in [2.24, 2.45) is 17.8 Å². The van der Waals surface area contributed by atoms with Gasteiger partial charge in [0, 0.05) is 25.7 Å². The highest BCUT2D eigenvalue weighted by atomic mass is 31.2. The van der Waals surface area contributed by atoms with Crippen molar-refractivity contribution < 1.29 is 80.2 Å². The number of carbonyl (C=O) groups is 4. The highest BCUT2D eigenvalue weighted by Gasteiger charge is 2.30. The quantitative estimate of drug-likeness (QED) is 0.0169. The molecule has 0 bridgehead atoms. The number of aliphatic hydroxyl groups is 1. The molecule has 5 atom stereocenters. The van der Waals surface area contributed by atoms with Crippen LogP contribution in [0.2, 0.25) is 0 Å². The first-order valence-electron chi connectivity index (χ1n) is 38.2. The smallest absolute Gasteiger partial charge is 0.462 e. The van der Waals surface area contributed by atoms with E-state index in [2.05, 4.69) is 72.8 Å². The number of unbranched alkanes of at least 4 members (excludes halogenated alkanes) is 36. The standard InChI is InChI=1S/C75H142O17P2/c1-8-9-10-11-12-13-14-15-18-22-25-28-35-44-51-59-75(80)92-71(63-86-73(78)57-50-43-38-37-41-48-55-68(6)7)65-90-94(83,84)88-61-69(76)60-87-93(81,82)89-64-70(62-85-72(77)56-49-42-34-31-30-33-40-47-54-67(4)5)91-74(79)58-52-45-36-29-26-23-20-17-16-19-21-24-27-32-39-46-53-66(2)3/h13-15,18,66-71,76H,8-12,16-17,19-65H2,1-7H3,(H,81,82)(H,83,84)/b14-13-,18-15-/t69-,70-,71-/m1/s1. The van der Waals surface area contributed by atoms with E-state index in [1.807, 2.05) is 0 Å². The van der Waals surface area contributed by atoms with Crippen LogP contribution in [0.3, 0.4) is 0 Å². The predicted octanol–water partition coefficient (Wildman–Crippen LogP) is 21.3. The fourth-order valence-electron chi connectivity index (χ4n) is 10.9. The van der Waals surface area contributed by atoms with Crippen LogP contribution in [0.5, 0.6) is 0 Å². The summed E-state index contributed by atoms with van der Waals surface area (Å²) in [6.45, 7) is 11.7. The molecule has 0 aliphatic heterocycles. The lowest BCUT2D eigenvalue weighted by atomic mass is 10.0. The Labute approximate surface area is 573 Å². The Morgan fingerprint density at radius 1 is 0.330 bits per heavy atom. The second-order valence-corrected chi connectivity index (χ2v) is 30.7. The highest BCUT2D eigenvalue weighted by molar-refractivity contribution is 7.47. The van der Waals surface area contributed by atoms with Gasteiger partial charge in [-0.3, -0.25) is 37.3 Å². The number of ether oxygens (including phenoxy) is 4. The van der Waals surface area contributed by atoms with Gasteiger partial charge in [0.15, 0.2) is 12.2 Å². The van der Waals surface area contributed by atoms with Crippen LogP contribution in [0, 0.1) is 17.8 Å². The van der Waals surface area contributed by atoms with E-state index in [4.69, 9.17) is 37.0 Å². The molecule has 554 valence electrons. The van der Waals surface area contributed by atoms with Gasteiger partial charge in [0.05, 0.1) is 26.4 Å². The molecule has 0 aromatic carbocycles. The molecule has 0 aliphatic carbocycles. The third-order valence-electron chi connectivity index (χ3n) is 16.8. The zero-order chi connectivity index (χ0) is 69.4. The highest BCUT2D eigenvalue weighted by Crippen LogP contribution is 2.45. The van der Waals surface area contributed by atoms with Crippen LogP contribution in [0.4, 0.5) is 0 Å². The molecule has 19 heteroatoms. The Hall–Kier alpha value is -2.46. The number of hydrogen-bond acceptors (Lipinski definition) is 15. The van der Waals surface area contributed by atoms with Gasteiger partial charge in [-0.25, -0.2) is 9.13 Å². The minimum absolute atomic E-state index is 0.0836. The molecular formula is C75H142O17P2. The molecule has 0 saturated heterocycles. The van der Waals surface area contributed by atoms with Crippen LogP contribution < -0.4 is 0 Å². The molecule has 0 saturated carbocycles. The maximum Gasteiger partial charge on any atom is 0.472 e. The summed E-state index contributed by atoms with van der Waals surface area (Å²) in [4.78, 5) is 72.7. The number of esters is 4. The van der Waals surface area contributed by atoms with Crippen molar-refractivity contribution in [3.63, 3.8) is 0 Å². The molecule has 0 rings (SSSR count). The molecule has 2 unspecified atom stereocenters. The van der Waals surface area contributed by atoms with Gasteiger partial charge in [-0.15, -0.1) is 0 Å². The minimum Gasteiger partial charge on any atom is -0.462 e. The Morgan fingerprint density at radius 2 is 0.574 bits per heavy atom. The molecule has 0 fully saturated rings. The van der Waals surface area contributed by atoms with Crippen LogP contribution in [0.25, 0.3) is 0 Å². The first-order valence-corrected chi connectivity index (χ1v) is 41.2. The fraction of sp³-hybridized carbons (Fsp3) is 0.893. The van der Waals surface area contributed by atoms with Gasteiger partial charge in [0.25, 0.3) is 0 Å². The summed E-state index contributed by atoms with van der Waals surface area (Å²) in [5.41, 5.74) is 0. The molecule has 0 heterocycles. The third kappa shape index (κ3) is 68.1. The number of rotatable bonds is 71. The Bertz CT molecular complexity index is 1930. The SMILES string of the molecule is CCCCCC/C=C\C=C/CCCCCCCC(=O)O[C@H](COC(=O)CCCCCCCCC(C)C)COP(=O)(O)OC[C@H](O)COP(=O)(O)OC[C@@H](COC(=O)CCCCCCCCCCC(C)C)OC(=O)CCCCCCCCCCCCCCCCCCC(C)C. The molecule has 0 amide bonds. The minimum atomic E-state index is -4.96. The summed E-state index contributed by atoms with van der Waals surface area (Å²) in [5.74, 6) is 0.0552. The summed E-state index contributed by atoms with van der Waals surface area (Å²) in [6.07, 6.45) is 53.8. The van der Waals surface area contributed by atoms with Crippen molar-refractivity contribution in [1.29, 1.82) is 0 Å². The molecule has 0 radical (unpaired) electrons. The van der Waals surface area contributed by atoms with E-state index in [0.29, 0.717) is 31.6 Å². The lowest BCUT2D eigenvalue weighted by Gasteiger charge is -2.21. The Balaban J connectivity index is 5.24. The summed E-state index contributed by atoms with van der Waals surface area (Å²) in [5, 5.41) is 10.6. The summed E-state index contributed by atoms with van der Waals surface area (Å²) < 4.78 is 68.4. The third-order valence-corrected chi connectivity index (χ3v) is 18.7. The average molecular weight is 1380 g/mol. The Morgan fingerprint density at radius 3 is 0.862 bits per heavy atom. The van der Waals surface area contributed by atoms with Gasteiger partial charge in [-0.1, -0.05) is 304 Å². The number of phosphoric acid groups is 2. The maximum atomic E-state index is 13.1. The topological polar surface area (TPSA) is 237 Å². The monoisotopic (exact) mass is 1380 g/mol. The number of carbonyl (C=O) groups excluding carboxylic acids is 4. The van der Waals surface area contributed by atoms with Crippen LogP contribution in [0.15, 0.2) is 24.3 Å². The molecule has 0 aliphatic rings. The number of phosphoric ester groups is 2. The molecule has 3 N–H and O–H groups in total. The molecule has 0 aromatic rings. The van der Waals surface area contributed by atoms with E-state index >= 15 is 0 Å². The van der Waals surface area contributed by atoms with Gasteiger partial charge in [0.1, 0.15) is 19.3 Å². The van der Waals surface area contributed by atoms with Gasteiger partial charge < -0.3 is 33.8 Å². The normalized spacial score (nSPS) is 14.3. The number of aliphatic hydroxyl groups excluding tert-OH is 1. The van der Waals surface area contributed by atoms with E-state index in [0.717, 1.165) is 121 Å². The zero-order valence-corrected chi connectivity index (χ0v) is 62.7. The van der Waals surface area contributed by atoms with E-state index in [1.54, 1.807) is 0 Å². The first kappa shape index (κ1) is 91.5. The molecular weight excluding hydrogens is 1230 g/mol. The van der Waals surface area contributed by atoms with Crippen molar-refractivity contribution in [1.82, 2.24) is 0 Å². The largest absolute Gasteiger partial charge is 0.472 e. The van der Waals surface area contributed by atoms with E-state index in [1.165, 1.54) is 148 Å². The summed E-state index contributed by atoms with van der Waals surface area (Å²) in [7, 11) is -9.92. The zero-order valence-electron chi connectivity index (χ0n) is 60.9. The molecule has 94 heavy (non-hydrogen) atoms. The van der Waals surface area contributed by atoms with Gasteiger partial charge in [-0.2, -0.15) is 0 Å². The molecule has 17 nitrogen and oxygen atoms in total. The maximum absolute atomic E-state index is 13.1. The van der Waals surface area contributed by atoms with Crippen LogP contribution >= 0.6 is 15.6 Å². The van der Waals surface area contributed by atoms with Gasteiger partial charge >= 0.3 is 39.5 Å². The lowest BCUT2D eigenvalue weighted by Crippen LogP contribution is -2.30. The van der Waals surface area contributed by atoms with Crippen molar-refractivity contribution in [3.05, 3.63) is 24.3 Å². The average Bonchev–Trinajstić information content (AvgIpc) is 1.97. The predicted molar refractivity (Wildman–Crippen MR) is 381 cm³/mol. The van der Waals surface area contributed by atoms with Crippen molar-refractivity contribution in [3.8, 4) is 0 Å². The first-order chi connectivity index (χ1) is 45.2. The number of hydrogen-bond donors (Lipinski definition) is 3. The van der Waals surface area contributed by atoms with Crippen molar-refractivity contribution in [2.75, 3.05) is 39.6 Å². The van der Waals surface area contributed by atoms with Gasteiger partial charge in [-0.05, 0) is 69.1 Å². The molecule has 0 spiro atoms. The second-order valence-electron chi connectivity index (χ2n) is 27.8. The van der Waals surface area contributed by atoms with Crippen LogP contribution in [0.1, 0.15) is 357 Å². The van der Waals surface area contributed by atoms with E-state index < -0.39 is 97.5 Å². The number of allylic oxidation sites excluding steroid dienone is 4. The molecule has 0 aromatic heterocycles. The summed E-state index contributed by atoms with van der Waals surface area (Å²) >= 11 is 0. The second kappa shape index (κ2) is 65.2. The Kier molecular flexibility index (Phi) is 63.5.